The van der Waals surface area contributed by atoms with Crippen LogP contribution in [0.15, 0.2) is 61.2 Å². The Kier molecular flexibility index (Phi) is 6.44. The molecule has 30 heavy (non-hydrogen) atoms. The minimum absolute atomic E-state index is 0.186. The van der Waals surface area contributed by atoms with Gasteiger partial charge in [0.2, 0.25) is 0 Å². The standard InChI is InChI=1S/C22H21F3N2O3/c1-2-15-30-19-6-4-3-5-18(19)21(29)27-13-11-26(12-14-27)20(28)16-7-9-17(10-8-16)22(23,24)25/h2-10H,1,11-15H2. The molecule has 0 spiro atoms. The molecule has 1 saturated heterocycles. The van der Waals surface area contributed by atoms with Gasteiger partial charge < -0.3 is 14.5 Å². The summed E-state index contributed by atoms with van der Waals surface area (Å²) in [6.45, 7) is 5.10. The lowest BCUT2D eigenvalue weighted by Gasteiger charge is -2.35. The smallest absolute Gasteiger partial charge is 0.416 e. The maximum absolute atomic E-state index is 12.9. The van der Waals surface area contributed by atoms with Gasteiger partial charge in [0.15, 0.2) is 0 Å². The largest absolute Gasteiger partial charge is 0.489 e. The molecule has 1 aliphatic rings. The molecule has 3 rings (SSSR count). The molecule has 2 aromatic rings. The molecule has 1 fully saturated rings. The molecule has 0 aliphatic carbocycles. The average Bonchev–Trinajstić information content (AvgIpc) is 2.76. The number of carbonyl (C=O) groups excluding carboxylic acids is 2. The molecular weight excluding hydrogens is 397 g/mol. The number of benzene rings is 2. The van der Waals surface area contributed by atoms with E-state index in [4.69, 9.17) is 4.74 Å². The first kappa shape index (κ1) is 21.4. The molecular formula is C22H21F3N2O3. The van der Waals surface area contributed by atoms with Crippen LogP contribution in [-0.4, -0.2) is 54.4 Å². The van der Waals surface area contributed by atoms with Crippen molar-refractivity contribution < 1.29 is 27.5 Å². The molecule has 2 aromatic carbocycles. The number of alkyl halides is 3. The number of halogens is 3. The second kappa shape index (κ2) is 9.02. The second-order valence-corrected chi connectivity index (χ2v) is 6.76. The predicted octanol–water partition coefficient (Wildman–Crippen LogP) is 3.87. The van der Waals surface area contributed by atoms with Gasteiger partial charge in [-0.3, -0.25) is 9.59 Å². The van der Waals surface area contributed by atoms with Crippen LogP contribution in [-0.2, 0) is 6.18 Å². The lowest BCUT2D eigenvalue weighted by molar-refractivity contribution is -0.137. The van der Waals surface area contributed by atoms with Gasteiger partial charge in [-0.2, -0.15) is 13.2 Å². The number of para-hydroxylation sites is 1. The van der Waals surface area contributed by atoms with Crippen LogP contribution >= 0.6 is 0 Å². The van der Waals surface area contributed by atoms with E-state index in [-0.39, 0.29) is 24.0 Å². The van der Waals surface area contributed by atoms with Gasteiger partial charge >= 0.3 is 6.18 Å². The van der Waals surface area contributed by atoms with Crippen molar-refractivity contribution in [2.45, 2.75) is 6.18 Å². The van der Waals surface area contributed by atoms with Crippen LogP contribution in [0.1, 0.15) is 26.3 Å². The minimum atomic E-state index is -4.45. The molecule has 1 aliphatic heterocycles. The number of piperazine rings is 1. The van der Waals surface area contributed by atoms with Gasteiger partial charge in [0.05, 0.1) is 11.1 Å². The van der Waals surface area contributed by atoms with Crippen LogP contribution in [0.25, 0.3) is 0 Å². The van der Waals surface area contributed by atoms with Gasteiger partial charge in [0.25, 0.3) is 11.8 Å². The van der Waals surface area contributed by atoms with Crippen LogP contribution in [0.3, 0.4) is 0 Å². The highest BCUT2D eigenvalue weighted by atomic mass is 19.4. The average molecular weight is 418 g/mol. The van der Waals surface area contributed by atoms with Crippen molar-refractivity contribution in [3.63, 3.8) is 0 Å². The van der Waals surface area contributed by atoms with Crippen molar-refractivity contribution in [1.82, 2.24) is 9.80 Å². The van der Waals surface area contributed by atoms with E-state index >= 15 is 0 Å². The summed E-state index contributed by atoms with van der Waals surface area (Å²) in [4.78, 5) is 28.6. The van der Waals surface area contributed by atoms with Crippen LogP contribution in [0.2, 0.25) is 0 Å². The van der Waals surface area contributed by atoms with Gasteiger partial charge in [-0.25, -0.2) is 0 Å². The third-order valence-electron chi connectivity index (χ3n) is 4.79. The van der Waals surface area contributed by atoms with E-state index in [0.717, 1.165) is 12.1 Å². The van der Waals surface area contributed by atoms with E-state index in [1.807, 2.05) is 0 Å². The summed E-state index contributed by atoms with van der Waals surface area (Å²) >= 11 is 0. The molecule has 1 heterocycles. The number of ether oxygens (including phenoxy) is 1. The summed E-state index contributed by atoms with van der Waals surface area (Å²) in [5.74, 6) is -0.0903. The fraction of sp³-hybridized carbons (Fsp3) is 0.273. The van der Waals surface area contributed by atoms with Crippen molar-refractivity contribution >= 4 is 11.8 Å². The fourth-order valence-corrected chi connectivity index (χ4v) is 3.19. The number of amides is 2. The first-order chi connectivity index (χ1) is 14.3. The Morgan fingerprint density at radius 2 is 1.50 bits per heavy atom. The van der Waals surface area contributed by atoms with Crippen LogP contribution in [0.5, 0.6) is 5.75 Å². The molecule has 0 saturated carbocycles. The molecule has 0 aromatic heterocycles. The van der Waals surface area contributed by atoms with Gasteiger partial charge in [-0.1, -0.05) is 24.8 Å². The highest BCUT2D eigenvalue weighted by Crippen LogP contribution is 2.29. The summed E-state index contributed by atoms with van der Waals surface area (Å²) in [6.07, 6.45) is -2.86. The van der Waals surface area contributed by atoms with Gasteiger partial charge in [0.1, 0.15) is 12.4 Å². The first-order valence-corrected chi connectivity index (χ1v) is 9.40. The maximum atomic E-state index is 12.9. The molecule has 2 amide bonds. The maximum Gasteiger partial charge on any atom is 0.416 e. The highest BCUT2D eigenvalue weighted by molar-refractivity contribution is 5.97. The van der Waals surface area contributed by atoms with E-state index in [0.29, 0.717) is 37.5 Å². The molecule has 8 heteroatoms. The van der Waals surface area contributed by atoms with Crippen molar-refractivity contribution in [2.75, 3.05) is 32.8 Å². The second-order valence-electron chi connectivity index (χ2n) is 6.76. The molecule has 0 radical (unpaired) electrons. The molecule has 5 nitrogen and oxygen atoms in total. The Labute approximate surface area is 172 Å². The van der Waals surface area contributed by atoms with Crippen molar-refractivity contribution in [3.05, 3.63) is 77.9 Å². The lowest BCUT2D eigenvalue weighted by Crippen LogP contribution is -2.50. The zero-order chi connectivity index (χ0) is 21.7. The molecule has 158 valence electrons. The summed E-state index contributed by atoms with van der Waals surface area (Å²) in [6, 6.07) is 11.1. The Balaban J connectivity index is 1.63. The topological polar surface area (TPSA) is 49.9 Å². The Morgan fingerprint density at radius 3 is 2.07 bits per heavy atom. The van der Waals surface area contributed by atoms with Crippen LogP contribution < -0.4 is 4.74 Å². The zero-order valence-electron chi connectivity index (χ0n) is 16.2. The SMILES string of the molecule is C=CCOc1ccccc1C(=O)N1CCN(C(=O)c2ccc(C(F)(F)F)cc2)CC1. The zero-order valence-corrected chi connectivity index (χ0v) is 16.2. The molecule has 0 N–H and O–H groups in total. The van der Waals surface area contributed by atoms with Crippen molar-refractivity contribution in [2.24, 2.45) is 0 Å². The Morgan fingerprint density at radius 1 is 0.933 bits per heavy atom. The lowest BCUT2D eigenvalue weighted by atomic mass is 10.1. The van der Waals surface area contributed by atoms with Crippen LogP contribution in [0, 0.1) is 0 Å². The van der Waals surface area contributed by atoms with E-state index in [1.165, 1.54) is 17.0 Å². The van der Waals surface area contributed by atoms with Crippen molar-refractivity contribution in [3.8, 4) is 5.75 Å². The number of carbonyl (C=O) groups is 2. The third-order valence-corrected chi connectivity index (χ3v) is 4.79. The fourth-order valence-electron chi connectivity index (χ4n) is 3.19. The predicted molar refractivity (Wildman–Crippen MR) is 105 cm³/mol. The number of nitrogens with zero attached hydrogens (tertiary/aromatic N) is 2. The van der Waals surface area contributed by atoms with Crippen LogP contribution in [0.4, 0.5) is 13.2 Å². The van der Waals surface area contributed by atoms with E-state index < -0.39 is 11.7 Å². The monoisotopic (exact) mass is 418 g/mol. The molecule has 0 unspecified atom stereocenters. The first-order valence-electron chi connectivity index (χ1n) is 9.40. The highest BCUT2D eigenvalue weighted by Gasteiger charge is 2.31. The van der Waals surface area contributed by atoms with Gasteiger partial charge in [-0.15, -0.1) is 0 Å². The van der Waals surface area contributed by atoms with Gasteiger partial charge in [-0.05, 0) is 36.4 Å². The summed E-state index contributed by atoms with van der Waals surface area (Å²) in [5.41, 5.74) is -0.181. The summed E-state index contributed by atoms with van der Waals surface area (Å²) in [5, 5.41) is 0. The van der Waals surface area contributed by atoms with E-state index in [1.54, 1.807) is 35.2 Å². The number of hydrogen-bond acceptors (Lipinski definition) is 3. The van der Waals surface area contributed by atoms with E-state index in [2.05, 4.69) is 6.58 Å². The normalized spacial score (nSPS) is 14.4. The third kappa shape index (κ3) is 4.82. The van der Waals surface area contributed by atoms with Gasteiger partial charge in [0, 0.05) is 31.7 Å². The minimum Gasteiger partial charge on any atom is -0.489 e. The molecule has 0 bridgehead atoms. The number of hydrogen-bond donors (Lipinski definition) is 0. The Bertz CT molecular complexity index is 918. The quantitative estimate of drug-likeness (QED) is 0.693. The Hall–Kier alpha value is -3.29. The summed E-state index contributed by atoms with van der Waals surface area (Å²) < 4.78 is 43.6. The van der Waals surface area contributed by atoms with E-state index in [9.17, 15) is 22.8 Å². The molecule has 0 atom stereocenters. The number of rotatable bonds is 5. The van der Waals surface area contributed by atoms with Crippen molar-refractivity contribution in [1.29, 1.82) is 0 Å². The summed E-state index contributed by atoms with van der Waals surface area (Å²) in [7, 11) is 0.